The van der Waals surface area contributed by atoms with Gasteiger partial charge in [0.15, 0.2) is 0 Å². The lowest BCUT2D eigenvalue weighted by Crippen LogP contribution is -2.32. The molecule has 2 aliphatic rings. The molecule has 2 unspecified atom stereocenters. The summed E-state index contributed by atoms with van der Waals surface area (Å²) >= 11 is 0. The van der Waals surface area contributed by atoms with Gasteiger partial charge in [0.25, 0.3) is 0 Å². The third-order valence-electron chi connectivity index (χ3n) is 1.85. The molecule has 2 heterocycles. The number of carbonyl (C=O) groups is 1. The Labute approximate surface area is 53.0 Å². The highest BCUT2D eigenvalue weighted by Gasteiger charge is 2.35. The first-order valence-corrected chi connectivity index (χ1v) is 3.14. The Morgan fingerprint density at radius 3 is 3.11 bits per heavy atom. The molecule has 0 aromatic carbocycles. The molecular weight excluding hydrogens is 118 g/mol. The Balaban J connectivity index is 2.09. The van der Waals surface area contributed by atoms with Crippen molar-refractivity contribution >= 4 is 5.91 Å². The van der Waals surface area contributed by atoms with E-state index in [0.717, 1.165) is 6.54 Å². The highest BCUT2D eigenvalue weighted by atomic mass is 16.2. The molecule has 50 valence electrons. The second-order valence-electron chi connectivity index (χ2n) is 2.51. The summed E-state index contributed by atoms with van der Waals surface area (Å²) in [6.45, 7) is 0.858. The van der Waals surface area contributed by atoms with Crippen molar-refractivity contribution in [3.63, 3.8) is 0 Å². The minimum Gasteiger partial charge on any atom is -0.350 e. The van der Waals surface area contributed by atoms with Crippen molar-refractivity contribution in [2.24, 2.45) is 0 Å². The Hall–Kier alpha value is -0.610. The maximum atomic E-state index is 10.7. The first-order chi connectivity index (χ1) is 4.36. The van der Waals surface area contributed by atoms with Gasteiger partial charge in [-0.05, 0) is 0 Å². The average Bonchev–Trinajstić information content (AvgIpc) is 2.22. The lowest BCUT2D eigenvalue weighted by atomic mass is 10.2. The number of hydrogen-bond donors (Lipinski definition) is 3. The lowest BCUT2D eigenvalue weighted by molar-refractivity contribution is -0.119. The van der Waals surface area contributed by atoms with E-state index in [9.17, 15) is 4.79 Å². The molecule has 2 saturated heterocycles. The van der Waals surface area contributed by atoms with Crippen LogP contribution in [-0.2, 0) is 4.79 Å². The molecule has 0 saturated carbocycles. The van der Waals surface area contributed by atoms with Gasteiger partial charge in [0, 0.05) is 13.0 Å². The average molecular weight is 127 g/mol. The standard InChI is InChI=1S/C5H9N3O/c9-5-1-3-4(7-5)2-6-8-3/h3-4,6,8H,1-2H2,(H,7,9). The number of hydrogen-bond acceptors (Lipinski definition) is 3. The molecule has 0 aromatic rings. The van der Waals surface area contributed by atoms with Crippen LogP contribution >= 0.6 is 0 Å². The summed E-state index contributed by atoms with van der Waals surface area (Å²) in [4.78, 5) is 10.7. The highest BCUT2D eigenvalue weighted by Crippen LogP contribution is 2.09. The molecule has 0 radical (unpaired) electrons. The van der Waals surface area contributed by atoms with Crippen molar-refractivity contribution in [3.8, 4) is 0 Å². The maximum absolute atomic E-state index is 10.7. The highest BCUT2D eigenvalue weighted by molar-refractivity contribution is 5.79. The van der Waals surface area contributed by atoms with Crippen LogP contribution in [0.4, 0.5) is 0 Å². The Bertz CT molecular complexity index is 133. The van der Waals surface area contributed by atoms with Gasteiger partial charge in [0.2, 0.25) is 5.91 Å². The molecule has 9 heavy (non-hydrogen) atoms. The zero-order chi connectivity index (χ0) is 6.27. The van der Waals surface area contributed by atoms with Crippen molar-refractivity contribution in [2.45, 2.75) is 18.5 Å². The van der Waals surface area contributed by atoms with Crippen LogP contribution in [0.25, 0.3) is 0 Å². The third kappa shape index (κ3) is 0.710. The smallest absolute Gasteiger partial charge is 0.222 e. The topological polar surface area (TPSA) is 53.2 Å². The zero-order valence-corrected chi connectivity index (χ0v) is 4.98. The van der Waals surface area contributed by atoms with Gasteiger partial charge in [-0.15, -0.1) is 0 Å². The second-order valence-corrected chi connectivity index (χ2v) is 2.51. The van der Waals surface area contributed by atoms with Gasteiger partial charge in [-0.1, -0.05) is 0 Å². The van der Waals surface area contributed by atoms with Gasteiger partial charge in [-0.25, -0.2) is 0 Å². The molecule has 0 aliphatic carbocycles. The van der Waals surface area contributed by atoms with Crippen LogP contribution in [0.3, 0.4) is 0 Å². The van der Waals surface area contributed by atoms with Crippen LogP contribution in [0.15, 0.2) is 0 Å². The molecule has 4 nitrogen and oxygen atoms in total. The largest absolute Gasteiger partial charge is 0.350 e. The molecule has 2 atom stereocenters. The minimum atomic E-state index is 0.166. The summed E-state index contributed by atoms with van der Waals surface area (Å²) in [6.07, 6.45) is 0.623. The predicted molar refractivity (Wildman–Crippen MR) is 31.5 cm³/mol. The van der Waals surface area contributed by atoms with E-state index in [4.69, 9.17) is 0 Å². The van der Waals surface area contributed by atoms with Crippen LogP contribution in [0.2, 0.25) is 0 Å². The normalized spacial score (nSPS) is 40.7. The van der Waals surface area contributed by atoms with Gasteiger partial charge in [0.05, 0.1) is 12.1 Å². The second kappa shape index (κ2) is 1.68. The number of rotatable bonds is 0. The van der Waals surface area contributed by atoms with Gasteiger partial charge in [-0.3, -0.25) is 15.6 Å². The van der Waals surface area contributed by atoms with Crippen molar-refractivity contribution in [3.05, 3.63) is 0 Å². The van der Waals surface area contributed by atoms with E-state index in [1.54, 1.807) is 0 Å². The van der Waals surface area contributed by atoms with Crippen LogP contribution in [-0.4, -0.2) is 24.5 Å². The fourth-order valence-corrected chi connectivity index (χ4v) is 1.35. The molecule has 2 rings (SSSR count). The van der Waals surface area contributed by atoms with Gasteiger partial charge >= 0.3 is 0 Å². The monoisotopic (exact) mass is 127 g/mol. The molecule has 0 spiro atoms. The van der Waals surface area contributed by atoms with Crippen LogP contribution in [0.1, 0.15) is 6.42 Å². The van der Waals surface area contributed by atoms with Gasteiger partial charge in [-0.2, -0.15) is 0 Å². The van der Waals surface area contributed by atoms with Gasteiger partial charge < -0.3 is 5.32 Å². The van der Waals surface area contributed by atoms with E-state index in [2.05, 4.69) is 16.2 Å². The molecule has 0 aromatic heterocycles. The van der Waals surface area contributed by atoms with E-state index in [1.807, 2.05) is 0 Å². The van der Waals surface area contributed by atoms with E-state index >= 15 is 0 Å². The van der Waals surface area contributed by atoms with Gasteiger partial charge in [0.1, 0.15) is 0 Å². The van der Waals surface area contributed by atoms with Crippen molar-refractivity contribution < 1.29 is 4.79 Å². The molecule has 2 aliphatic heterocycles. The van der Waals surface area contributed by atoms with E-state index in [0.29, 0.717) is 18.5 Å². The van der Waals surface area contributed by atoms with E-state index in [-0.39, 0.29) is 5.91 Å². The Kier molecular flexibility index (Phi) is 0.972. The molecule has 3 N–H and O–H groups in total. The fraction of sp³-hybridized carbons (Fsp3) is 0.800. The number of hydrazine groups is 1. The molecular formula is C5H9N3O. The maximum Gasteiger partial charge on any atom is 0.222 e. The first kappa shape index (κ1) is 5.20. The zero-order valence-electron chi connectivity index (χ0n) is 4.98. The van der Waals surface area contributed by atoms with E-state index in [1.165, 1.54) is 0 Å². The summed E-state index contributed by atoms with van der Waals surface area (Å²) in [7, 11) is 0. The minimum absolute atomic E-state index is 0.166. The summed E-state index contributed by atoms with van der Waals surface area (Å²) in [5, 5.41) is 2.85. The number of carbonyl (C=O) groups excluding carboxylic acids is 1. The number of amides is 1. The van der Waals surface area contributed by atoms with Crippen LogP contribution in [0.5, 0.6) is 0 Å². The van der Waals surface area contributed by atoms with Crippen molar-refractivity contribution in [1.82, 2.24) is 16.2 Å². The summed E-state index contributed by atoms with van der Waals surface area (Å²) in [5.41, 5.74) is 6.00. The quantitative estimate of drug-likeness (QED) is 0.365. The van der Waals surface area contributed by atoms with Crippen molar-refractivity contribution in [1.29, 1.82) is 0 Å². The predicted octanol–water partition coefficient (Wildman–Crippen LogP) is -1.65. The SMILES string of the molecule is O=C1CC2NNCC2N1. The Morgan fingerprint density at radius 1 is 1.44 bits per heavy atom. The van der Waals surface area contributed by atoms with Crippen molar-refractivity contribution in [2.75, 3.05) is 6.54 Å². The Morgan fingerprint density at radius 2 is 2.33 bits per heavy atom. The lowest BCUT2D eigenvalue weighted by Gasteiger charge is -2.02. The molecule has 1 amide bonds. The fourth-order valence-electron chi connectivity index (χ4n) is 1.35. The van der Waals surface area contributed by atoms with E-state index < -0.39 is 0 Å². The van der Waals surface area contributed by atoms with Crippen LogP contribution < -0.4 is 16.2 Å². The first-order valence-electron chi connectivity index (χ1n) is 3.14. The summed E-state index contributed by atoms with van der Waals surface area (Å²) < 4.78 is 0. The number of nitrogens with one attached hydrogen (secondary N) is 3. The molecule has 2 fully saturated rings. The number of fused-ring (bicyclic) bond motifs is 1. The molecule has 4 heteroatoms. The van der Waals surface area contributed by atoms with Crippen LogP contribution in [0, 0.1) is 0 Å². The summed E-state index contributed by atoms with van der Waals surface area (Å²) in [6, 6.07) is 0.662. The summed E-state index contributed by atoms with van der Waals surface area (Å²) in [5.74, 6) is 0.166. The molecule has 0 bridgehead atoms. The third-order valence-corrected chi connectivity index (χ3v) is 1.85.